The molecule has 1 N–H and O–H groups in total. The summed E-state index contributed by atoms with van der Waals surface area (Å²) < 4.78 is 15.6. The molecule has 3 nitrogen and oxygen atoms in total. The van der Waals surface area contributed by atoms with E-state index in [1.54, 1.807) is 6.07 Å². The number of aromatic nitrogens is 2. The minimum absolute atomic E-state index is 0.233. The number of rotatable bonds is 2. The number of nitrogens with zero attached hydrogens (tertiary/aromatic N) is 2. The number of benzene rings is 1. The fraction of sp³-hybridized carbons (Fsp3) is 0.462. The van der Waals surface area contributed by atoms with Crippen LogP contribution in [0.2, 0.25) is 0 Å². The van der Waals surface area contributed by atoms with E-state index in [0.717, 1.165) is 24.3 Å². The molecule has 0 spiro atoms. The zero-order valence-corrected chi connectivity index (χ0v) is 9.91. The number of hydrogen-bond acceptors (Lipinski definition) is 2. The average Bonchev–Trinajstić information content (AvgIpc) is 2.92. The summed E-state index contributed by atoms with van der Waals surface area (Å²) in [6.07, 6.45) is 3.29. The van der Waals surface area contributed by atoms with Crippen LogP contribution in [0, 0.1) is 5.82 Å². The van der Waals surface area contributed by atoms with Gasteiger partial charge in [0.15, 0.2) is 5.82 Å². The van der Waals surface area contributed by atoms with Crippen molar-refractivity contribution in [2.45, 2.75) is 25.3 Å². The molecule has 1 fully saturated rings. The maximum absolute atomic E-state index is 13.6. The molecule has 1 aliphatic heterocycles. The minimum atomic E-state index is -0.233. The van der Waals surface area contributed by atoms with E-state index in [9.17, 15) is 4.39 Å². The lowest BCUT2D eigenvalue weighted by Crippen LogP contribution is -2.25. The maximum atomic E-state index is 13.6. The van der Waals surface area contributed by atoms with Gasteiger partial charge in [-0.1, -0.05) is 6.07 Å². The Morgan fingerprint density at radius 3 is 3.12 bits per heavy atom. The Bertz CT molecular complexity index is 541. The molecule has 90 valence electrons. The first-order valence-electron chi connectivity index (χ1n) is 6.09. The number of imidazole rings is 1. The van der Waals surface area contributed by atoms with Crippen molar-refractivity contribution < 1.29 is 4.39 Å². The highest BCUT2D eigenvalue weighted by atomic mass is 19.1. The summed E-state index contributed by atoms with van der Waals surface area (Å²) in [5, 5.41) is 3.44. The maximum Gasteiger partial charge on any atom is 0.151 e. The molecule has 0 amide bonds. The van der Waals surface area contributed by atoms with E-state index in [2.05, 4.69) is 10.3 Å². The van der Waals surface area contributed by atoms with Crippen LogP contribution >= 0.6 is 0 Å². The highest BCUT2D eigenvalue weighted by Gasteiger charge is 2.18. The summed E-state index contributed by atoms with van der Waals surface area (Å²) in [6, 6.07) is 5.61. The molecule has 0 saturated carbocycles. The molecule has 2 aromatic rings. The van der Waals surface area contributed by atoms with Crippen LogP contribution in [0.3, 0.4) is 0 Å². The van der Waals surface area contributed by atoms with Gasteiger partial charge in [0.05, 0.1) is 5.52 Å². The van der Waals surface area contributed by atoms with Gasteiger partial charge >= 0.3 is 0 Å². The summed E-state index contributed by atoms with van der Waals surface area (Å²) in [7, 11) is 1.96. The van der Waals surface area contributed by atoms with Gasteiger partial charge in [-0.2, -0.15) is 0 Å². The van der Waals surface area contributed by atoms with Crippen LogP contribution in [-0.2, 0) is 13.5 Å². The van der Waals surface area contributed by atoms with Crippen molar-refractivity contribution in [3.8, 4) is 0 Å². The average molecular weight is 233 g/mol. The Morgan fingerprint density at radius 2 is 2.41 bits per heavy atom. The van der Waals surface area contributed by atoms with Crippen molar-refractivity contribution in [3.63, 3.8) is 0 Å². The van der Waals surface area contributed by atoms with Crippen LogP contribution in [0.25, 0.3) is 11.0 Å². The number of aryl methyl sites for hydroxylation is 1. The van der Waals surface area contributed by atoms with E-state index in [0.29, 0.717) is 11.6 Å². The van der Waals surface area contributed by atoms with E-state index in [1.165, 1.54) is 18.9 Å². The highest BCUT2D eigenvalue weighted by molar-refractivity contribution is 5.76. The van der Waals surface area contributed by atoms with E-state index in [1.807, 2.05) is 17.7 Å². The first-order chi connectivity index (χ1) is 8.25. The number of fused-ring (bicyclic) bond motifs is 1. The van der Waals surface area contributed by atoms with Gasteiger partial charge in [-0.25, -0.2) is 9.37 Å². The molecule has 1 saturated heterocycles. The molecule has 0 radical (unpaired) electrons. The standard InChI is InChI=1S/C13H16FN3/c1-17-11-6-2-5-10(14)13(11)16-12(17)8-9-4-3-7-15-9/h2,5-6,9,15H,3-4,7-8H2,1H3. The largest absolute Gasteiger partial charge is 0.331 e. The molecule has 2 heterocycles. The lowest BCUT2D eigenvalue weighted by molar-refractivity contribution is 0.575. The van der Waals surface area contributed by atoms with Gasteiger partial charge in [0.25, 0.3) is 0 Å². The van der Waals surface area contributed by atoms with Gasteiger partial charge in [-0.05, 0) is 31.5 Å². The predicted octanol–water partition coefficient (Wildman–Crippen LogP) is 2.01. The second kappa shape index (κ2) is 4.11. The molecule has 1 aromatic heterocycles. The topological polar surface area (TPSA) is 29.9 Å². The van der Waals surface area contributed by atoms with Crippen molar-refractivity contribution >= 4 is 11.0 Å². The predicted molar refractivity (Wildman–Crippen MR) is 65.4 cm³/mol. The third-order valence-corrected chi connectivity index (χ3v) is 3.55. The summed E-state index contributed by atoms with van der Waals surface area (Å²) >= 11 is 0. The van der Waals surface area contributed by atoms with Crippen molar-refractivity contribution in [2.75, 3.05) is 6.54 Å². The molecule has 1 unspecified atom stereocenters. The lowest BCUT2D eigenvalue weighted by Gasteiger charge is -2.09. The first kappa shape index (κ1) is 10.7. The first-order valence-corrected chi connectivity index (χ1v) is 6.09. The van der Waals surface area contributed by atoms with Gasteiger partial charge in [0.1, 0.15) is 11.3 Å². The Morgan fingerprint density at radius 1 is 1.53 bits per heavy atom. The number of nitrogens with one attached hydrogen (secondary N) is 1. The molecule has 0 bridgehead atoms. The Balaban J connectivity index is 1.99. The smallest absolute Gasteiger partial charge is 0.151 e. The molecular formula is C13H16FN3. The third kappa shape index (κ3) is 1.82. The van der Waals surface area contributed by atoms with Gasteiger partial charge in [-0.15, -0.1) is 0 Å². The van der Waals surface area contributed by atoms with E-state index >= 15 is 0 Å². The summed E-state index contributed by atoms with van der Waals surface area (Å²) in [5.41, 5.74) is 1.36. The van der Waals surface area contributed by atoms with Crippen LogP contribution < -0.4 is 5.32 Å². The van der Waals surface area contributed by atoms with Crippen molar-refractivity contribution in [3.05, 3.63) is 29.8 Å². The van der Waals surface area contributed by atoms with Crippen LogP contribution in [0.15, 0.2) is 18.2 Å². The molecule has 1 aromatic carbocycles. The van der Waals surface area contributed by atoms with Gasteiger partial charge in [0.2, 0.25) is 0 Å². The van der Waals surface area contributed by atoms with Crippen molar-refractivity contribution in [1.29, 1.82) is 0 Å². The Hall–Kier alpha value is -1.42. The highest BCUT2D eigenvalue weighted by Crippen LogP contribution is 2.20. The van der Waals surface area contributed by atoms with Gasteiger partial charge in [0, 0.05) is 19.5 Å². The third-order valence-electron chi connectivity index (χ3n) is 3.55. The summed E-state index contributed by atoms with van der Waals surface area (Å²) in [6.45, 7) is 1.09. The van der Waals surface area contributed by atoms with E-state index in [4.69, 9.17) is 0 Å². The summed E-state index contributed by atoms with van der Waals surface area (Å²) in [4.78, 5) is 4.42. The van der Waals surface area contributed by atoms with E-state index < -0.39 is 0 Å². The Labute approximate surface area is 99.7 Å². The number of halogens is 1. The molecule has 1 aliphatic rings. The van der Waals surface area contributed by atoms with Gasteiger partial charge in [-0.3, -0.25) is 0 Å². The van der Waals surface area contributed by atoms with Crippen LogP contribution in [0.1, 0.15) is 18.7 Å². The van der Waals surface area contributed by atoms with E-state index in [-0.39, 0.29) is 5.82 Å². The minimum Gasteiger partial charge on any atom is -0.331 e. The SMILES string of the molecule is Cn1c(CC2CCCN2)nc2c(F)cccc21. The monoisotopic (exact) mass is 233 g/mol. The van der Waals surface area contributed by atoms with Crippen molar-refractivity contribution in [2.24, 2.45) is 7.05 Å². The molecule has 17 heavy (non-hydrogen) atoms. The molecule has 3 rings (SSSR count). The van der Waals surface area contributed by atoms with Crippen molar-refractivity contribution in [1.82, 2.24) is 14.9 Å². The lowest BCUT2D eigenvalue weighted by atomic mass is 10.1. The van der Waals surface area contributed by atoms with Gasteiger partial charge < -0.3 is 9.88 Å². The quantitative estimate of drug-likeness (QED) is 0.860. The molecule has 4 heteroatoms. The van der Waals surface area contributed by atoms with Crippen LogP contribution in [-0.4, -0.2) is 22.1 Å². The number of para-hydroxylation sites is 1. The Kier molecular flexibility index (Phi) is 2.59. The fourth-order valence-corrected chi connectivity index (χ4v) is 2.56. The zero-order chi connectivity index (χ0) is 11.8. The molecule has 0 aliphatic carbocycles. The van der Waals surface area contributed by atoms with Crippen LogP contribution in [0.4, 0.5) is 4.39 Å². The zero-order valence-electron chi connectivity index (χ0n) is 9.91. The normalized spacial score (nSPS) is 20.2. The molecule has 1 atom stereocenters. The summed E-state index contributed by atoms with van der Waals surface area (Å²) in [5.74, 6) is 0.730. The fourth-order valence-electron chi connectivity index (χ4n) is 2.56. The molecular weight excluding hydrogens is 217 g/mol. The second-order valence-corrected chi connectivity index (χ2v) is 4.69. The second-order valence-electron chi connectivity index (χ2n) is 4.69. The van der Waals surface area contributed by atoms with Crippen LogP contribution in [0.5, 0.6) is 0 Å². The number of hydrogen-bond donors (Lipinski definition) is 1.